The molecule has 2 nitrogen and oxygen atoms in total. The molecule has 2 rings (SSSR count). The molecule has 0 spiro atoms. The summed E-state index contributed by atoms with van der Waals surface area (Å²) in [6.07, 6.45) is 2.68. The molecule has 1 N–H and O–H groups in total. The Bertz CT molecular complexity index is 402. The number of nitrogens with one attached hydrogen (secondary N) is 1. The van der Waals surface area contributed by atoms with Crippen LogP contribution in [0.3, 0.4) is 0 Å². The van der Waals surface area contributed by atoms with E-state index in [-0.39, 0.29) is 0 Å². The molecule has 1 heterocycles. The van der Waals surface area contributed by atoms with Crippen molar-refractivity contribution in [3.63, 3.8) is 0 Å². The number of aryl methyl sites for hydroxylation is 1. The molecular formula is C17H28N2. The Labute approximate surface area is 118 Å². The van der Waals surface area contributed by atoms with Crippen LogP contribution in [0.25, 0.3) is 0 Å². The first kappa shape index (κ1) is 14.5. The van der Waals surface area contributed by atoms with E-state index < -0.39 is 0 Å². The highest BCUT2D eigenvalue weighted by molar-refractivity contribution is 5.29. The molecule has 1 aliphatic heterocycles. The third-order valence-electron chi connectivity index (χ3n) is 4.61. The van der Waals surface area contributed by atoms with E-state index in [2.05, 4.69) is 62.3 Å². The fraction of sp³-hybridized carbons (Fsp3) is 0.647. The summed E-state index contributed by atoms with van der Waals surface area (Å²) in [5.74, 6) is 0.887. The maximum absolute atomic E-state index is 3.50. The number of nitrogens with zero attached hydrogens (tertiary/aromatic N) is 1. The average Bonchev–Trinajstić information content (AvgIpc) is 2.39. The van der Waals surface area contributed by atoms with Gasteiger partial charge in [-0.05, 0) is 57.3 Å². The van der Waals surface area contributed by atoms with Crippen LogP contribution >= 0.6 is 0 Å². The van der Waals surface area contributed by atoms with Crippen LogP contribution < -0.4 is 5.32 Å². The Balaban J connectivity index is 2.05. The quantitative estimate of drug-likeness (QED) is 0.893. The zero-order chi connectivity index (χ0) is 13.8. The summed E-state index contributed by atoms with van der Waals surface area (Å²) in [7, 11) is 2.08. The Morgan fingerprint density at radius 2 is 2.05 bits per heavy atom. The van der Waals surface area contributed by atoms with Crippen molar-refractivity contribution in [2.45, 2.75) is 45.7 Å². The molecular weight excluding hydrogens is 232 g/mol. The molecule has 0 aromatic heterocycles. The molecule has 1 fully saturated rings. The van der Waals surface area contributed by atoms with Crippen molar-refractivity contribution in [3.8, 4) is 0 Å². The molecule has 1 saturated heterocycles. The van der Waals surface area contributed by atoms with E-state index in [4.69, 9.17) is 0 Å². The van der Waals surface area contributed by atoms with Gasteiger partial charge in [-0.15, -0.1) is 0 Å². The molecule has 0 bridgehead atoms. The summed E-state index contributed by atoms with van der Waals surface area (Å²) < 4.78 is 0. The molecule has 3 atom stereocenters. The number of hydrogen-bond acceptors (Lipinski definition) is 2. The van der Waals surface area contributed by atoms with E-state index in [1.54, 1.807) is 0 Å². The first-order chi connectivity index (χ1) is 9.11. The lowest BCUT2D eigenvalue weighted by molar-refractivity contribution is 0.118. The lowest BCUT2D eigenvalue weighted by atomic mass is 9.92. The van der Waals surface area contributed by atoms with E-state index in [1.165, 1.54) is 30.5 Å². The van der Waals surface area contributed by atoms with Crippen molar-refractivity contribution >= 4 is 0 Å². The second-order valence-corrected chi connectivity index (χ2v) is 6.17. The Morgan fingerprint density at radius 3 is 2.68 bits per heavy atom. The van der Waals surface area contributed by atoms with E-state index in [1.807, 2.05) is 0 Å². The topological polar surface area (TPSA) is 15.3 Å². The minimum Gasteiger partial charge on any atom is -0.312 e. The van der Waals surface area contributed by atoms with Crippen molar-refractivity contribution in [2.75, 3.05) is 20.1 Å². The standard InChI is InChI=1S/C17H28N2/c1-13-9-10-19(15(3)11-13)12-17(18-4)16-8-6-5-7-14(16)2/h5-8,13,15,17-18H,9-12H2,1-4H3. The van der Waals surface area contributed by atoms with E-state index in [0.29, 0.717) is 12.1 Å². The Morgan fingerprint density at radius 1 is 1.32 bits per heavy atom. The predicted octanol–water partition coefficient (Wildman–Crippen LogP) is 3.38. The largest absolute Gasteiger partial charge is 0.312 e. The highest BCUT2D eigenvalue weighted by Gasteiger charge is 2.25. The van der Waals surface area contributed by atoms with Crippen LogP contribution in [0.5, 0.6) is 0 Å². The molecule has 1 aromatic rings. The molecule has 0 amide bonds. The molecule has 3 unspecified atom stereocenters. The second kappa shape index (κ2) is 6.53. The van der Waals surface area contributed by atoms with Crippen LogP contribution in [0.1, 0.15) is 43.9 Å². The molecule has 1 aromatic carbocycles. The van der Waals surface area contributed by atoms with Gasteiger partial charge in [0.15, 0.2) is 0 Å². The van der Waals surface area contributed by atoms with Crippen molar-refractivity contribution in [1.82, 2.24) is 10.2 Å². The number of likely N-dealkylation sites (N-methyl/N-ethyl adjacent to an activating group) is 1. The summed E-state index contributed by atoms with van der Waals surface area (Å²) in [6.45, 7) is 9.33. The van der Waals surface area contributed by atoms with Crippen LogP contribution in [0.4, 0.5) is 0 Å². The second-order valence-electron chi connectivity index (χ2n) is 6.17. The monoisotopic (exact) mass is 260 g/mol. The fourth-order valence-corrected chi connectivity index (χ4v) is 3.28. The van der Waals surface area contributed by atoms with Gasteiger partial charge in [0.25, 0.3) is 0 Å². The summed E-state index contributed by atoms with van der Waals surface area (Å²) in [5, 5.41) is 3.50. The molecule has 2 heteroatoms. The Hall–Kier alpha value is -0.860. The maximum Gasteiger partial charge on any atom is 0.0449 e. The Kier molecular flexibility index (Phi) is 5.00. The van der Waals surface area contributed by atoms with Crippen molar-refractivity contribution in [1.29, 1.82) is 0 Å². The third kappa shape index (κ3) is 3.58. The normalized spacial score (nSPS) is 26.3. The van der Waals surface area contributed by atoms with Crippen molar-refractivity contribution in [3.05, 3.63) is 35.4 Å². The maximum atomic E-state index is 3.50. The molecule has 0 saturated carbocycles. The average molecular weight is 260 g/mol. The summed E-state index contributed by atoms with van der Waals surface area (Å²) in [5.41, 5.74) is 2.83. The number of benzene rings is 1. The lowest BCUT2D eigenvalue weighted by Gasteiger charge is -2.38. The molecule has 0 aliphatic carbocycles. The molecule has 0 radical (unpaired) electrons. The van der Waals surface area contributed by atoms with Crippen LogP contribution in [0.2, 0.25) is 0 Å². The van der Waals surface area contributed by atoms with Gasteiger partial charge in [-0.1, -0.05) is 31.2 Å². The van der Waals surface area contributed by atoms with Gasteiger partial charge in [0, 0.05) is 18.6 Å². The highest BCUT2D eigenvalue weighted by atomic mass is 15.2. The predicted molar refractivity (Wildman–Crippen MR) is 82.4 cm³/mol. The van der Waals surface area contributed by atoms with Crippen LogP contribution in [0, 0.1) is 12.8 Å². The van der Waals surface area contributed by atoms with Gasteiger partial charge >= 0.3 is 0 Å². The SMILES string of the molecule is CNC(CN1CCC(C)CC1C)c1ccccc1C. The van der Waals surface area contributed by atoms with Crippen molar-refractivity contribution in [2.24, 2.45) is 5.92 Å². The number of rotatable bonds is 4. The van der Waals surface area contributed by atoms with Gasteiger partial charge in [-0.2, -0.15) is 0 Å². The van der Waals surface area contributed by atoms with Crippen LogP contribution in [-0.2, 0) is 0 Å². The van der Waals surface area contributed by atoms with Gasteiger partial charge in [-0.25, -0.2) is 0 Å². The third-order valence-corrected chi connectivity index (χ3v) is 4.61. The molecule has 19 heavy (non-hydrogen) atoms. The fourth-order valence-electron chi connectivity index (χ4n) is 3.28. The lowest BCUT2D eigenvalue weighted by Crippen LogP contribution is -2.44. The summed E-state index contributed by atoms with van der Waals surface area (Å²) >= 11 is 0. The molecule has 1 aliphatic rings. The van der Waals surface area contributed by atoms with Crippen LogP contribution in [-0.4, -0.2) is 31.1 Å². The zero-order valence-corrected chi connectivity index (χ0v) is 12.8. The number of hydrogen-bond donors (Lipinski definition) is 1. The minimum absolute atomic E-state index is 0.442. The first-order valence-corrected chi connectivity index (χ1v) is 7.58. The smallest absolute Gasteiger partial charge is 0.0449 e. The van der Waals surface area contributed by atoms with Crippen molar-refractivity contribution < 1.29 is 0 Å². The summed E-state index contributed by atoms with van der Waals surface area (Å²) in [4.78, 5) is 2.65. The van der Waals surface area contributed by atoms with Gasteiger partial charge in [-0.3, -0.25) is 4.90 Å². The first-order valence-electron chi connectivity index (χ1n) is 7.58. The van der Waals surface area contributed by atoms with Crippen LogP contribution in [0.15, 0.2) is 24.3 Å². The number of likely N-dealkylation sites (tertiary alicyclic amines) is 1. The van der Waals surface area contributed by atoms with E-state index in [0.717, 1.165) is 12.5 Å². The van der Waals surface area contributed by atoms with Gasteiger partial charge in [0.1, 0.15) is 0 Å². The van der Waals surface area contributed by atoms with Gasteiger partial charge in [0.2, 0.25) is 0 Å². The number of piperidine rings is 1. The van der Waals surface area contributed by atoms with Gasteiger partial charge in [0.05, 0.1) is 0 Å². The minimum atomic E-state index is 0.442. The zero-order valence-electron chi connectivity index (χ0n) is 12.8. The molecule has 106 valence electrons. The highest BCUT2D eigenvalue weighted by Crippen LogP contribution is 2.25. The summed E-state index contributed by atoms with van der Waals surface area (Å²) in [6, 6.07) is 9.89. The van der Waals surface area contributed by atoms with E-state index >= 15 is 0 Å². The van der Waals surface area contributed by atoms with E-state index in [9.17, 15) is 0 Å². The van der Waals surface area contributed by atoms with Gasteiger partial charge < -0.3 is 5.32 Å².